The van der Waals surface area contributed by atoms with Crippen LogP contribution in [0.4, 0.5) is 0 Å². The van der Waals surface area contributed by atoms with E-state index < -0.39 is 15.8 Å². The number of methoxy groups -OCH3 is 2. The van der Waals surface area contributed by atoms with Gasteiger partial charge in [0.15, 0.2) is 9.84 Å². The Morgan fingerprint density at radius 2 is 2.11 bits per heavy atom. The molecule has 0 aliphatic heterocycles. The molecule has 0 spiro atoms. The average Bonchev–Trinajstić information content (AvgIpc) is 2.38. The Hall–Kier alpha value is -1.47. The SMILES string of the molecule is COCCCS(=O)(=O)Cc1ncccc1C(=O)OC. The molecule has 0 aliphatic carbocycles. The molecule has 7 heteroatoms. The fraction of sp³-hybridized carbons (Fsp3) is 0.500. The molecule has 6 nitrogen and oxygen atoms in total. The molecule has 0 radical (unpaired) electrons. The number of ether oxygens (including phenoxy) is 2. The zero-order valence-corrected chi connectivity index (χ0v) is 11.8. The number of pyridine rings is 1. The van der Waals surface area contributed by atoms with Crippen molar-refractivity contribution in [3.05, 3.63) is 29.6 Å². The van der Waals surface area contributed by atoms with Crippen molar-refractivity contribution >= 4 is 15.8 Å². The summed E-state index contributed by atoms with van der Waals surface area (Å²) in [5.41, 5.74) is 0.395. The largest absolute Gasteiger partial charge is 0.465 e. The number of sulfone groups is 1. The monoisotopic (exact) mass is 287 g/mol. The Bertz CT molecular complexity index is 527. The Morgan fingerprint density at radius 1 is 1.37 bits per heavy atom. The predicted molar refractivity (Wildman–Crippen MR) is 69.6 cm³/mol. The number of rotatable bonds is 7. The normalized spacial score (nSPS) is 11.3. The summed E-state index contributed by atoms with van der Waals surface area (Å²) < 4.78 is 33.2. The number of hydrogen-bond donors (Lipinski definition) is 0. The molecule has 1 heterocycles. The molecule has 0 amide bonds. The molecule has 0 aliphatic rings. The minimum atomic E-state index is -3.32. The first-order chi connectivity index (χ1) is 9.00. The van der Waals surface area contributed by atoms with Crippen LogP contribution in [0.5, 0.6) is 0 Å². The maximum absolute atomic E-state index is 11.9. The zero-order chi connectivity index (χ0) is 14.3. The molecule has 0 aromatic carbocycles. The molecule has 0 atom stereocenters. The molecular formula is C12H17NO5S. The van der Waals surface area contributed by atoms with Crippen LogP contribution in [0.15, 0.2) is 18.3 Å². The van der Waals surface area contributed by atoms with Crippen molar-refractivity contribution in [1.29, 1.82) is 0 Å². The number of hydrogen-bond acceptors (Lipinski definition) is 6. The van der Waals surface area contributed by atoms with Crippen molar-refractivity contribution in [2.24, 2.45) is 0 Å². The smallest absolute Gasteiger partial charge is 0.339 e. The van der Waals surface area contributed by atoms with Crippen molar-refractivity contribution in [2.75, 3.05) is 26.6 Å². The van der Waals surface area contributed by atoms with Gasteiger partial charge in [0, 0.05) is 19.9 Å². The highest BCUT2D eigenvalue weighted by atomic mass is 32.2. The Balaban J connectivity index is 2.84. The number of carbonyl (C=O) groups is 1. The van der Waals surface area contributed by atoms with Gasteiger partial charge in [-0.2, -0.15) is 0 Å². The van der Waals surface area contributed by atoms with Crippen LogP contribution >= 0.6 is 0 Å². The van der Waals surface area contributed by atoms with Crippen LogP contribution in [0.1, 0.15) is 22.5 Å². The van der Waals surface area contributed by atoms with E-state index in [4.69, 9.17) is 4.74 Å². The Kier molecular flexibility index (Phi) is 5.91. The van der Waals surface area contributed by atoms with Crippen molar-refractivity contribution in [3.8, 4) is 0 Å². The van der Waals surface area contributed by atoms with Crippen LogP contribution in [-0.2, 0) is 25.1 Å². The minimum Gasteiger partial charge on any atom is -0.465 e. The van der Waals surface area contributed by atoms with Gasteiger partial charge >= 0.3 is 5.97 Å². The van der Waals surface area contributed by atoms with E-state index in [0.29, 0.717) is 13.0 Å². The van der Waals surface area contributed by atoms with Gasteiger partial charge in [0.25, 0.3) is 0 Å². The van der Waals surface area contributed by atoms with E-state index in [1.807, 2.05) is 0 Å². The second kappa shape index (κ2) is 7.20. The van der Waals surface area contributed by atoms with E-state index in [9.17, 15) is 13.2 Å². The summed E-state index contributed by atoms with van der Waals surface area (Å²) in [4.78, 5) is 15.5. The molecule has 1 aromatic rings. The second-order valence-electron chi connectivity index (χ2n) is 3.93. The lowest BCUT2D eigenvalue weighted by atomic mass is 10.2. The van der Waals surface area contributed by atoms with E-state index in [2.05, 4.69) is 9.72 Å². The second-order valence-corrected chi connectivity index (χ2v) is 6.11. The third-order valence-corrected chi connectivity index (χ3v) is 4.08. The topological polar surface area (TPSA) is 82.6 Å². The molecule has 0 saturated carbocycles. The molecule has 0 unspecified atom stereocenters. The highest BCUT2D eigenvalue weighted by Crippen LogP contribution is 2.12. The molecule has 1 rings (SSSR count). The first kappa shape index (κ1) is 15.6. The molecule has 0 N–H and O–H groups in total. The average molecular weight is 287 g/mol. The van der Waals surface area contributed by atoms with Crippen LogP contribution in [0.2, 0.25) is 0 Å². The third-order valence-electron chi connectivity index (χ3n) is 2.46. The Morgan fingerprint density at radius 3 is 2.74 bits per heavy atom. The van der Waals surface area contributed by atoms with Crippen molar-refractivity contribution in [1.82, 2.24) is 4.98 Å². The molecule has 106 valence electrons. The fourth-order valence-electron chi connectivity index (χ4n) is 1.55. The fourth-order valence-corrected chi connectivity index (χ4v) is 2.90. The molecule has 19 heavy (non-hydrogen) atoms. The van der Waals surface area contributed by atoms with E-state index in [-0.39, 0.29) is 22.8 Å². The van der Waals surface area contributed by atoms with Crippen molar-refractivity contribution < 1.29 is 22.7 Å². The highest BCUT2D eigenvalue weighted by molar-refractivity contribution is 7.90. The van der Waals surface area contributed by atoms with E-state index >= 15 is 0 Å². The van der Waals surface area contributed by atoms with E-state index in [0.717, 1.165) is 0 Å². The van der Waals surface area contributed by atoms with Crippen LogP contribution in [-0.4, -0.2) is 46.0 Å². The summed E-state index contributed by atoms with van der Waals surface area (Å²) in [6, 6.07) is 3.06. The quantitative estimate of drug-likeness (QED) is 0.545. The van der Waals surface area contributed by atoms with Gasteiger partial charge in [-0.1, -0.05) is 0 Å². The van der Waals surface area contributed by atoms with Crippen LogP contribution in [0, 0.1) is 0 Å². The van der Waals surface area contributed by atoms with Gasteiger partial charge in [0.1, 0.15) is 0 Å². The van der Waals surface area contributed by atoms with Gasteiger partial charge in [-0.25, -0.2) is 13.2 Å². The van der Waals surface area contributed by atoms with Gasteiger partial charge in [0.05, 0.1) is 29.9 Å². The predicted octanol–water partition coefficient (Wildman–Crippen LogP) is 0.819. The van der Waals surface area contributed by atoms with Gasteiger partial charge in [0.2, 0.25) is 0 Å². The van der Waals surface area contributed by atoms with E-state index in [1.54, 1.807) is 6.07 Å². The Labute approximate surface area is 112 Å². The van der Waals surface area contributed by atoms with Gasteiger partial charge in [-0.05, 0) is 18.6 Å². The molecule has 1 aromatic heterocycles. The van der Waals surface area contributed by atoms with Gasteiger partial charge < -0.3 is 9.47 Å². The third kappa shape index (κ3) is 4.96. The van der Waals surface area contributed by atoms with Gasteiger partial charge in [-0.3, -0.25) is 4.98 Å². The van der Waals surface area contributed by atoms with Crippen LogP contribution < -0.4 is 0 Å². The standard InChI is InChI=1S/C12H17NO5S/c1-17-7-4-8-19(15,16)9-11-10(12(14)18-2)5-3-6-13-11/h3,5-6H,4,7-9H2,1-2H3. The van der Waals surface area contributed by atoms with Crippen LogP contribution in [0.3, 0.4) is 0 Å². The maximum Gasteiger partial charge on any atom is 0.339 e. The molecular weight excluding hydrogens is 270 g/mol. The molecule has 0 bridgehead atoms. The number of carbonyl (C=O) groups excluding carboxylic acids is 1. The number of esters is 1. The molecule has 0 saturated heterocycles. The molecule has 0 fully saturated rings. The van der Waals surface area contributed by atoms with Crippen LogP contribution in [0.25, 0.3) is 0 Å². The number of aromatic nitrogens is 1. The highest BCUT2D eigenvalue weighted by Gasteiger charge is 2.19. The summed E-state index contributed by atoms with van der Waals surface area (Å²) in [6.45, 7) is 0.380. The lowest BCUT2D eigenvalue weighted by Crippen LogP contribution is -2.15. The maximum atomic E-state index is 11.9. The van der Waals surface area contributed by atoms with Crippen molar-refractivity contribution in [2.45, 2.75) is 12.2 Å². The van der Waals surface area contributed by atoms with E-state index in [1.165, 1.54) is 26.5 Å². The minimum absolute atomic E-state index is 0.00196. The van der Waals surface area contributed by atoms with Crippen molar-refractivity contribution in [3.63, 3.8) is 0 Å². The summed E-state index contributed by atoms with van der Waals surface area (Å²) in [5.74, 6) is -0.866. The zero-order valence-electron chi connectivity index (χ0n) is 11.0. The summed E-state index contributed by atoms with van der Waals surface area (Å²) in [7, 11) is -0.565. The first-order valence-corrected chi connectivity index (χ1v) is 7.54. The summed E-state index contributed by atoms with van der Waals surface area (Å²) in [6.07, 6.45) is 1.87. The lowest BCUT2D eigenvalue weighted by Gasteiger charge is -2.07. The summed E-state index contributed by atoms with van der Waals surface area (Å²) in [5, 5.41) is 0. The first-order valence-electron chi connectivity index (χ1n) is 5.71. The summed E-state index contributed by atoms with van der Waals surface area (Å²) >= 11 is 0. The lowest BCUT2D eigenvalue weighted by molar-refractivity contribution is 0.0599. The number of nitrogens with zero attached hydrogens (tertiary/aromatic N) is 1. The van der Waals surface area contributed by atoms with Gasteiger partial charge in [-0.15, -0.1) is 0 Å².